The van der Waals surface area contributed by atoms with E-state index in [9.17, 15) is 4.79 Å². The number of nitrogens with one attached hydrogen (secondary N) is 1. The molecule has 12 heteroatoms. The molecule has 0 aromatic rings. The van der Waals surface area contributed by atoms with Gasteiger partial charge in [0.1, 0.15) is 6.61 Å². The van der Waals surface area contributed by atoms with Gasteiger partial charge in [0.2, 0.25) is 0 Å². The van der Waals surface area contributed by atoms with E-state index in [1.807, 2.05) is 7.05 Å². The molecule has 0 heterocycles. The van der Waals surface area contributed by atoms with E-state index >= 15 is 0 Å². The van der Waals surface area contributed by atoms with E-state index in [2.05, 4.69) is 12.2 Å². The van der Waals surface area contributed by atoms with Crippen LogP contribution in [0.4, 0.5) is 0 Å². The van der Waals surface area contributed by atoms with Crippen molar-refractivity contribution in [2.24, 2.45) is 0 Å². The monoisotopic (exact) mass is 625 g/mol. The van der Waals surface area contributed by atoms with Crippen molar-refractivity contribution < 1.29 is 52.2 Å². The molecular formula is C31H63NO11. The average molecular weight is 626 g/mol. The molecule has 0 bridgehead atoms. The molecule has 0 fully saturated rings. The summed E-state index contributed by atoms with van der Waals surface area (Å²) in [6.45, 7) is 12.7. The van der Waals surface area contributed by atoms with Crippen molar-refractivity contribution in [3.63, 3.8) is 0 Å². The first-order chi connectivity index (χ1) is 21.3. The maximum atomic E-state index is 11.7. The number of unbranched alkanes of at least 4 members (excludes halogenated alkanes) is 6. The molecule has 0 amide bonds. The highest BCUT2D eigenvalue weighted by Crippen LogP contribution is 2.08. The Morgan fingerprint density at radius 1 is 0.419 bits per heavy atom. The summed E-state index contributed by atoms with van der Waals surface area (Å²) in [5.74, 6) is -0.138. The molecule has 43 heavy (non-hydrogen) atoms. The summed E-state index contributed by atoms with van der Waals surface area (Å²) in [5, 5.41) is 3.02. The summed E-state index contributed by atoms with van der Waals surface area (Å²) in [5.41, 5.74) is 0. The van der Waals surface area contributed by atoms with Gasteiger partial charge in [0.15, 0.2) is 0 Å². The van der Waals surface area contributed by atoms with Crippen LogP contribution in [0.1, 0.15) is 58.3 Å². The number of carbonyl (C=O) groups excluding carboxylic acids is 1. The minimum atomic E-state index is -0.138. The minimum absolute atomic E-state index is 0.138. The Kier molecular flexibility index (Phi) is 38.2. The molecule has 258 valence electrons. The highest BCUT2D eigenvalue weighted by Gasteiger charge is 2.02. The minimum Gasteiger partial charge on any atom is -0.463 e. The van der Waals surface area contributed by atoms with E-state index in [1.54, 1.807) is 0 Å². The number of hydrogen-bond donors (Lipinski definition) is 1. The molecule has 0 aromatic heterocycles. The zero-order valence-corrected chi connectivity index (χ0v) is 27.3. The van der Waals surface area contributed by atoms with Crippen molar-refractivity contribution in [2.75, 3.05) is 139 Å². The van der Waals surface area contributed by atoms with Crippen LogP contribution < -0.4 is 5.32 Å². The van der Waals surface area contributed by atoms with Gasteiger partial charge in [-0.2, -0.15) is 0 Å². The molecule has 1 N–H and O–H groups in total. The molecule has 0 aromatic carbocycles. The summed E-state index contributed by atoms with van der Waals surface area (Å²) < 4.78 is 54.2. The molecular weight excluding hydrogens is 562 g/mol. The number of ether oxygens (including phenoxy) is 10. The fourth-order valence-corrected chi connectivity index (χ4v) is 3.55. The molecule has 0 unspecified atom stereocenters. The van der Waals surface area contributed by atoms with Crippen molar-refractivity contribution in [3.05, 3.63) is 0 Å². The molecule has 0 atom stereocenters. The molecule has 0 aliphatic carbocycles. The lowest BCUT2D eigenvalue weighted by Crippen LogP contribution is -2.17. The lowest BCUT2D eigenvalue weighted by atomic mass is 10.1. The highest BCUT2D eigenvalue weighted by atomic mass is 16.6. The van der Waals surface area contributed by atoms with Gasteiger partial charge in [-0.1, -0.05) is 45.4 Å². The largest absolute Gasteiger partial charge is 0.463 e. The maximum Gasteiger partial charge on any atom is 0.305 e. The predicted molar refractivity (Wildman–Crippen MR) is 165 cm³/mol. The molecule has 0 aliphatic heterocycles. The van der Waals surface area contributed by atoms with Crippen LogP contribution >= 0.6 is 0 Å². The topological polar surface area (TPSA) is 121 Å². The lowest BCUT2D eigenvalue weighted by Gasteiger charge is -2.09. The third kappa shape index (κ3) is 39.0. The molecule has 0 saturated heterocycles. The molecule has 0 radical (unpaired) electrons. The molecule has 0 saturated carbocycles. The van der Waals surface area contributed by atoms with Crippen LogP contribution in [0.3, 0.4) is 0 Å². The summed E-state index contributed by atoms with van der Waals surface area (Å²) in [7, 11) is 1.89. The van der Waals surface area contributed by atoms with E-state index in [4.69, 9.17) is 47.4 Å². The lowest BCUT2D eigenvalue weighted by molar-refractivity contribution is -0.145. The Hall–Kier alpha value is -0.930. The number of rotatable bonds is 38. The first-order valence-corrected chi connectivity index (χ1v) is 16.3. The van der Waals surface area contributed by atoms with Crippen molar-refractivity contribution >= 4 is 5.97 Å². The Morgan fingerprint density at radius 2 is 0.721 bits per heavy atom. The average Bonchev–Trinajstić information content (AvgIpc) is 3.01. The fraction of sp³-hybridized carbons (Fsp3) is 0.968. The van der Waals surface area contributed by atoms with Crippen molar-refractivity contribution in [2.45, 2.75) is 58.3 Å². The van der Waals surface area contributed by atoms with Crippen molar-refractivity contribution in [1.29, 1.82) is 0 Å². The van der Waals surface area contributed by atoms with Gasteiger partial charge >= 0.3 is 5.97 Å². The molecule has 0 aliphatic rings. The van der Waals surface area contributed by atoms with Gasteiger partial charge in [-0.25, -0.2) is 0 Å². The SMILES string of the molecule is CCCCCCCCCC(=O)OCCOCCOCCOCCOCCOCCOCCOCCOCCOCCNC. The standard InChI is InChI=1S/C31H63NO11/c1-3-4-5-6-7-8-9-10-31(33)43-30-29-42-28-27-41-26-25-40-24-23-39-22-21-38-20-19-37-18-17-36-16-15-35-14-13-34-12-11-32-2/h32H,3-30H2,1-2H3. The van der Waals surface area contributed by atoms with Crippen LogP contribution in [-0.4, -0.2) is 145 Å². The van der Waals surface area contributed by atoms with Crippen LogP contribution in [0.2, 0.25) is 0 Å². The van der Waals surface area contributed by atoms with Crippen LogP contribution in [0.5, 0.6) is 0 Å². The van der Waals surface area contributed by atoms with E-state index in [0.717, 1.165) is 19.4 Å². The van der Waals surface area contributed by atoms with Gasteiger partial charge in [-0.15, -0.1) is 0 Å². The smallest absolute Gasteiger partial charge is 0.305 e. The molecule has 0 spiro atoms. The second-order valence-corrected chi connectivity index (χ2v) is 9.71. The van der Waals surface area contributed by atoms with Gasteiger partial charge < -0.3 is 52.7 Å². The zero-order chi connectivity index (χ0) is 31.2. The van der Waals surface area contributed by atoms with Gasteiger partial charge in [0, 0.05) is 13.0 Å². The highest BCUT2D eigenvalue weighted by molar-refractivity contribution is 5.69. The maximum absolute atomic E-state index is 11.7. The summed E-state index contributed by atoms with van der Waals surface area (Å²) >= 11 is 0. The second kappa shape index (κ2) is 39.1. The zero-order valence-electron chi connectivity index (χ0n) is 27.3. The summed E-state index contributed by atoms with van der Waals surface area (Å²) in [6.07, 6.45) is 8.82. The Morgan fingerprint density at radius 3 is 1.07 bits per heavy atom. The number of esters is 1. The summed E-state index contributed by atoms with van der Waals surface area (Å²) in [4.78, 5) is 11.7. The van der Waals surface area contributed by atoms with Crippen LogP contribution in [0.25, 0.3) is 0 Å². The Labute approximate surface area is 261 Å². The quantitative estimate of drug-likeness (QED) is 0.0802. The van der Waals surface area contributed by atoms with Crippen LogP contribution in [0.15, 0.2) is 0 Å². The molecule has 0 rings (SSSR count). The van der Waals surface area contributed by atoms with Gasteiger partial charge in [0.05, 0.1) is 119 Å². The Bertz CT molecular complexity index is 532. The van der Waals surface area contributed by atoms with Crippen LogP contribution in [0, 0.1) is 0 Å². The van der Waals surface area contributed by atoms with Crippen molar-refractivity contribution in [1.82, 2.24) is 5.32 Å². The van der Waals surface area contributed by atoms with E-state index in [-0.39, 0.29) is 5.97 Å². The summed E-state index contributed by atoms with van der Waals surface area (Å²) in [6, 6.07) is 0. The third-order valence-electron chi connectivity index (χ3n) is 5.95. The number of likely N-dealkylation sites (N-methyl/N-ethyl adjacent to an activating group) is 1. The van der Waals surface area contributed by atoms with Gasteiger partial charge in [-0.3, -0.25) is 4.79 Å². The van der Waals surface area contributed by atoms with Gasteiger partial charge in [-0.05, 0) is 13.5 Å². The second-order valence-electron chi connectivity index (χ2n) is 9.71. The van der Waals surface area contributed by atoms with E-state index in [1.165, 1.54) is 32.1 Å². The fourth-order valence-electron chi connectivity index (χ4n) is 3.55. The predicted octanol–water partition coefficient (Wildman–Crippen LogP) is 3.04. The normalized spacial score (nSPS) is 11.4. The third-order valence-corrected chi connectivity index (χ3v) is 5.95. The van der Waals surface area contributed by atoms with Crippen LogP contribution in [-0.2, 0) is 52.2 Å². The number of hydrogen-bond acceptors (Lipinski definition) is 12. The van der Waals surface area contributed by atoms with Crippen molar-refractivity contribution in [3.8, 4) is 0 Å². The first kappa shape index (κ1) is 42.1. The number of carbonyl (C=O) groups is 1. The molecule has 12 nitrogen and oxygen atoms in total. The first-order valence-electron chi connectivity index (χ1n) is 16.3. The van der Waals surface area contributed by atoms with E-state index < -0.39 is 0 Å². The Balaban J connectivity index is 3.09. The van der Waals surface area contributed by atoms with E-state index in [0.29, 0.717) is 132 Å². The van der Waals surface area contributed by atoms with Gasteiger partial charge in [0.25, 0.3) is 0 Å².